The highest BCUT2D eigenvalue weighted by Crippen LogP contribution is 2.12. The van der Waals surface area contributed by atoms with E-state index >= 15 is 0 Å². The first-order valence-electron chi connectivity index (χ1n) is 3.96. The molecule has 0 amide bonds. The number of hydrogen-bond acceptors (Lipinski definition) is 1. The summed E-state index contributed by atoms with van der Waals surface area (Å²) in [4.78, 5) is 11.4. The Bertz CT molecular complexity index is 332. The van der Waals surface area contributed by atoms with E-state index in [4.69, 9.17) is 6.42 Å². The van der Waals surface area contributed by atoms with Gasteiger partial charge in [-0.1, -0.05) is 28.1 Å². The Balaban J connectivity index is 2.68. The van der Waals surface area contributed by atoms with Crippen molar-refractivity contribution in [2.45, 2.75) is 12.8 Å². The molecule has 0 heterocycles. The molecule has 1 rings (SSSR count). The molecule has 1 aromatic carbocycles. The van der Waals surface area contributed by atoms with E-state index in [1.165, 1.54) is 0 Å². The van der Waals surface area contributed by atoms with Crippen LogP contribution in [0.25, 0.3) is 0 Å². The van der Waals surface area contributed by atoms with E-state index in [9.17, 15) is 4.79 Å². The molecule has 0 N–H and O–H groups in total. The Morgan fingerprint density at radius 1 is 1.38 bits per heavy atom. The fraction of sp³-hybridized carbons (Fsp3) is 0.182. The van der Waals surface area contributed by atoms with Crippen LogP contribution in [-0.4, -0.2) is 5.78 Å². The zero-order valence-electron chi connectivity index (χ0n) is 7.09. The minimum atomic E-state index is 0.102. The van der Waals surface area contributed by atoms with Crippen LogP contribution in [0.4, 0.5) is 0 Å². The third kappa shape index (κ3) is 3.04. The van der Waals surface area contributed by atoms with Crippen molar-refractivity contribution < 1.29 is 4.79 Å². The van der Waals surface area contributed by atoms with Crippen LogP contribution in [-0.2, 0) is 0 Å². The Labute approximate surface area is 86.3 Å². The van der Waals surface area contributed by atoms with Crippen molar-refractivity contribution in [3.63, 3.8) is 0 Å². The van der Waals surface area contributed by atoms with Gasteiger partial charge < -0.3 is 0 Å². The van der Waals surface area contributed by atoms with Crippen molar-refractivity contribution in [1.29, 1.82) is 0 Å². The smallest absolute Gasteiger partial charge is 0.163 e. The topological polar surface area (TPSA) is 17.1 Å². The minimum absolute atomic E-state index is 0.102. The Morgan fingerprint density at radius 3 is 2.54 bits per heavy atom. The first-order chi connectivity index (χ1) is 6.24. The van der Waals surface area contributed by atoms with Crippen molar-refractivity contribution in [1.82, 2.24) is 0 Å². The normalized spacial score (nSPS) is 9.23. The first-order valence-corrected chi connectivity index (χ1v) is 4.75. The number of Topliss-reactive ketones (excluding diaryl/α,β-unsaturated/α-hetero) is 1. The van der Waals surface area contributed by atoms with Crippen LogP contribution in [0.15, 0.2) is 28.7 Å². The van der Waals surface area contributed by atoms with Gasteiger partial charge in [0, 0.05) is 22.9 Å². The SMILES string of the molecule is C#CCCC(=O)c1ccc(Br)cc1. The molecule has 0 aliphatic carbocycles. The van der Waals surface area contributed by atoms with Gasteiger partial charge in [-0.3, -0.25) is 4.79 Å². The molecule has 0 saturated carbocycles. The summed E-state index contributed by atoms with van der Waals surface area (Å²) in [6, 6.07) is 7.29. The predicted molar refractivity (Wildman–Crippen MR) is 56.5 cm³/mol. The summed E-state index contributed by atoms with van der Waals surface area (Å²) in [5.74, 6) is 2.55. The van der Waals surface area contributed by atoms with E-state index in [0.717, 1.165) is 10.0 Å². The fourth-order valence-corrected chi connectivity index (χ4v) is 1.23. The van der Waals surface area contributed by atoms with Crippen LogP contribution in [0.5, 0.6) is 0 Å². The lowest BCUT2D eigenvalue weighted by atomic mass is 10.1. The highest BCUT2D eigenvalue weighted by molar-refractivity contribution is 9.10. The summed E-state index contributed by atoms with van der Waals surface area (Å²) < 4.78 is 0.973. The second-order valence-electron chi connectivity index (χ2n) is 2.63. The van der Waals surface area contributed by atoms with Crippen LogP contribution in [0, 0.1) is 12.3 Å². The summed E-state index contributed by atoms with van der Waals surface area (Å²) >= 11 is 3.30. The summed E-state index contributed by atoms with van der Waals surface area (Å²) in [5, 5.41) is 0. The Morgan fingerprint density at radius 2 is 2.00 bits per heavy atom. The number of benzene rings is 1. The summed E-state index contributed by atoms with van der Waals surface area (Å²) in [6.45, 7) is 0. The molecule has 0 fully saturated rings. The van der Waals surface area contributed by atoms with E-state index < -0.39 is 0 Å². The van der Waals surface area contributed by atoms with Gasteiger partial charge in [-0.15, -0.1) is 12.3 Å². The van der Waals surface area contributed by atoms with Gasteiger partial charge in [0.05, 0.1) is 0 Å². The first kappa shape index (κ1) is 10.0. The quantitative estimate of drug-likeness (QED) is 0.583. The van der Waals surface area contributed by atoms with E-state index in [1.807, 2.05) is 12.1 Å². The summed E-state index contributed by atoms with van der Waals surface area (Å²) in [5.41, 5.74) is 0.721. The molecule has 1 nitrogen and oxygen atoms in total. The molecule has 0 unspecified atom stereocenters. The lowest BCUT2D eigenvalue weighted by Crippen LogP contribution is -1.97. The zero-order valence-corrected chi connectivity index (χ0v) is 8.67. The highest BCUT2D eigenvalue weighted by Gasteiger charge is 2.03. The molecular formula is C11H9BrO. The molecule has 0 spiro atoms. The lowest BCUT2D eigenvalue weighted by Gasteiger charge is -1.97. The maximum Gasteiger partial charge on any atom is 0.163 e. The zero-order chi connectivity index (χ0) is 9.68. The number of ketones is 1. The van der Waals surface area contributed by atoms with Crippen molar-refractivity contribution in [2.24, 2.45) is 0 Å². The number of carbonyl (C=O) groups excluding carboxylic acids is 1. The molecule has 0 radical (unpaired) electrons. The van der Waals surface area contributed by atoms with Crippen molar-refractivity contribution >= 4 is 21.7 Å². The molecule has 1 aromatic rings. The van der Waals surface area contributed by atoms with Crippen LogP contribution >= 0.6 is 15.9 Å². The van der Waals surface area contributed by atoms with Gasteiger partial charge in [-0.25, -0.2) is 0 Å². The molecular weight excluding hydrogens is 228 g/mol. The van der Waals surface area contributed by atoms with Gasteiger partial charge in [0.15, 0.2) is 5.78 Å². The molecule has 0 aliphatic heterocycles. The van der Waals surface area contributed by atoms with Crippen LogP contribution in [0.2, 0.25) is 0 Å². The molecule has 13 heavy (non-hydrogen) atoms. The molecule has 0 aromatic heterocycles. The summed E-state index contributed by atoms with van der Waals surface area (Å²) in [6.07, 6.45) is 6.01. The molecule has 0 bridgehead atoms. The molecule has 0 aliphatic rings. The van der Waals surface area contributed by atoms with Gasteiger partial charge in [0.25, 0.3) is 0 Å². The van der Waals surface area contributed by atoms with E-state index in [1.54, 1.807) is 12.1 Å². The molecule has 0 saturated heterocycles. The largest absolute Gasteiger partial charge is 0.294 e. The second kappa shape index (κ2) is 4.84. The van der Waals surface area contributed by atoms with Crippen molar-refractivity contribution in [3.05, 3.63) is 34.3 Å². The number of terminal acetylenes is 1. The Hall–Kier alpha value is -1.07. The van der Waals surface area contributed by atoms with E-state index in [0.29, 0.717) is 12.8 Å². The van der Waals surface area contributed by atoms with Crippen LogP contribution in [0.1, 0.15) is 23.2 Å². The second-order valence-corrected chi connectivity index (χ2v) is 3.55. The monoisotopic (exact) mass is 236 g/mol. The van der Waals surface area contributed by atoms with Gasteiger partial charge in [0.1, 0.15) is 0 Å². The third-order valence-corrected chi connectivity index (χ3v) is 2.19. The fourth-order valence-electron chi connectivity index (χ4n) is 0.966. The van der Waals surface area contributed by atoms with E-state index in [2.05, 4.69) is 21.9 Å². The highest BCUT2D eigenvalue weighted by atomic mass is 79.9. The minimum Gasteiger partial charge on any atom is -0.294 e. The molecule has 66 valence electrons. The van der Waals surface area contributed by atoms with Gasteiger partial charge in [0.2, 0.25) is 0 Å². The van der Waals surface area contributed by atoms with Crippen molar-refractivity contribution in [3.8, 4) is 12.3 Å². The lowest BCUT2D eigenvalue weighted by molar-refractivity contribution is 0.0984. The maximum absolute atomic E-state index is 11.4. The van der Waals surface area contributed by atoms with Gasteiger partial charge >= 0.3 is 0 Å². The van der Waals surface area contributed by atoms with Crippen LogP contribution < -0.4 is 0 Å². The average molecular weight is 237 g/mol. The van der Waals surface area contributed by atoms with Gasteiger partial charge in [-0.2, -0.15) is 0 Å². The van der Waals surface area contributed by atoms with Crippen molar-refractivity contribution in [2.75, 3.05) is 0 Å². The third-order valence-electron chi connectivity index (χ3n) is 1.66. The van der Waals surface area contributed by atoms with E-state index in [-0.39, 0.29) is 5.78 Å². The number of carbonyl (C=O) groups is 1. The number of hydrogen-bond donors (Lipinski definition) is 0. The predicted octanol–water partition coefficient (Wildman–Crippen LogP) is 3.05. The van der Waals surface area contributed by atoms with Crippen LogP contribution in [0.3, 0.4) is 0 Å². The standard InChI is InChI=1S/C11H9BrO/c1-2-3-4-11(13)9-5-7-10(12)8-6-9/h1,5-8H,3-4H2. The number of rotatable bonds is 3. The van der Waals surface area contributed by atoms with Gasteiger partial charge in [-0.05, 0) is 12.1 Å². The maximum atomic E-state index is 11.4. The number of halogens is 1. The Kier molecular flexibility index (Phi) is 3.72. The average Bonchev–Trinajstić information content (AvgIpc) is 2.15. The summed E-state index contributed by atoms with van der Waals surface area (Å²) in [7, 11) is 0. The molecule has 0 atom stereocenters. The molecule has 2 heteroatoms.